The number of halogens is 1. The summed E-state index contributed by atoms with van der Waals surface area (Å²) < 4.78 is 14.0. The number of nitrogens with zero attached hydrogens (tertiary/aromatic N) is 3. The van der Waals surface area contributed by atoms with Gasteiger partial charge in [-0.05, 0) is 49.6 Å². The van der Waals surface area contributed by atoms with Crippen molar-refractivity contribution in [2.45, 2.75) is 38.8 Å². The highest BCUT2D eigenvalue weighted by Gasteiger charge is 2.24. The third-order valence-electron chi connectivity index (χ3n) is 5.12. The lowest BCUT2D eigenvalue weighted by atomic mass is 9.92. The van der Waals surface area contributed by atoms with Crippen LogP contribution in [0.4, 0.5) is 10.2 Å². The van der Waals surface area contributed by atoms with E-state index in [2.05, 4.69) is 16.8 Å². The maximum absolute atomic E-state index is 14.0. The van der Waals surface area contributed by atoms with Crippen LogP contribution in [0, 0.1) is 28.5 Å². The molecule has 1 aliphatic rings. The van der Waals surface area contributed by atoms with Crippen LogP contribution in [0.2, 0.25) is 0 Å². The fraction of sp³-hybridized carbons (Fsp3) is 0.350. The minimum atomic E-state index is -0.661. The van der Waals surface area contributed by atoms with Crippen LogP contribution in [0.5, 0.6) is 0 Å². The van der Waals surface area contributed by atoms with E-state index in [0.717, 1.165) is 25.8 Å². The summed E-state index contributed by atoms with van der Waals surface area (Å²) in [5.41, 5.74) is 6.25. The Kier molecular flexibility index (Phi) is 5.25. The Labute approximate surface area is 156 Å². The Balaban J connectivity index is 2.21. The highest BCUT2D eigenvalue weighted by atomic mass is 19.1. The second kappa shape index (κ2) is 7.61. The molecule has 1 fully saturated rings. The highest BCUT2D eigenvalue weighted by Crippen LogP contribution is 2.33. The highest BCUT2D eigenvalue weighted by molar-refractivity contribution is 5.81. The molecule has 0 spiro atoms. The number of aromatic amines is 1. The first-order valence-electron chi connectivity index (χ1n) is 8.85. The third-order valence-corrected chi connectivity index (χ3v) is 5.12. The van der Waals surface area contributed by atoms with Gasteiger partial charge >= 0.3 is 0 Å². The van der Waals surface area contributed by atoms with Gasteiger partial charge in [0.1, 0.15) is 34.9 Å². The summed E-state index contributed by atoms with van der Waals surface area (Å²) in [4.78, 5) is 16.8. The zero-order valence-corrected chi connectivity index (χ0v) is 15.1. The van der Waals surface area contributed by atoms with Crippen molar-refractivity contribution >= 4 is 5.82 Å². The van der Waals surface area contributed by atoms with E-state index in [9.17, 15) is 19.7 Å². The molecule has 1 saturated heterocycles. The lowest BCUT2D eigenvalue weighted by molar-refractivity contribution is 0.152. The van der Waals surface area contributed by atoms with Gasteiger partial charge in [-0.15, -0.1) is 0 Å². The number of pyridine rings is 1. The van der Waals surface area contributed by atoms with Crippen LogP contribution in [0.1, 0.15) is 42.9 Å². The maximum atomic E-state index is 14.0. The first-order valence-corrected chi connectivity index (χ1v) is 8.85. The Morgan fingerprint density at radius 3 is 2.70 bits per heavy atom. The van der Waals surface area contributed by atoms with Crippen LogP contribution in [0.3, 0.4) is 0 Å². The van der Waals surface area contributed by atoms with Crippen molar-refractivity contribution in [3.63, 3.8) is 0 Å². The van der Waals surface area contributed by atoms with Gasteiger partial charge in [-0.2, -0.15) is 10.5 Å². The molecule has 1 atom stereocenters. The molecule has 2 heterocycles. The standard InChI is InChI=1S/C20H20FN5O/c1-12-4-2-3-7-26(12)11-13-8-14(21)5-6-15(13)18-16(9-22)19(24)25-20(27)17(18)10-23/h5-6,8,12H,2-4,7,11H2,1H3,(H3,24,25,27). The Bertz CT molecular complexity index is 1010. The molecule has 3 N–H and O–H groups in total. The average molecular weight is 365 g/mol. The summed E-state index contributed by atoms with van der Waals surface area (Å²) in [6, 6.07) is 8.35. The van der Waals surface area contributed by atoms with Crippen LogP contribution >= 0.6 is 0 Å². The molecule has 0 bridgehead atoms. The monoisotopic (exact) mass is 365 g/mol. The van der Waals surface area contributed by atoms with E-state index in [0.29, 0.717) is 23.7 Å². The second-order valence-electron chi connectivity index (χ2n) is 6.83. The van der Waals surface area contributed by atoms with Gasteiger partial charge in [0.05, 0.1) is 0 Å². The molecule has 1 aliphatic heterocycles. The SMILES string of the molecule is CC1CCCCN1Cc1cc(F)ccc1-c1c(C#N)c(N)[nH]c(=O)c1C#N. The van der Waals surface area contributed by atoms with E-state index in [1.165, 1.54) is 18.2 Å². The number of hydrogen-bond acceptors (Lipinski definition) is 5. The first kappa shape index (κ1) is 18.6. The van der Waals surface area contributed by atoms with Crippen LogP contribution in [-0.4, -0.2) is 22.5 Å². The molecule has 3 rings (SSSR count). The van der Waals surface area contributed by atoms with Gasteiger partial charge < -0.3 is 10.7 Å². The number of likely N-dealkylation sites (tertiary alicyclic amines) is 1. The molecule has 138 valence electrons. The quantitative estimate of drug-likeness (QED) is 0.869. The molecular formula is C20H20FN5O. The van der Waals surface area contributed by atoms with E-state index in [-0.39, 0.29) is 22.5 Å². The summed E-state index contributed by atoms with van der Waals surface area (Å²) in [7, 11) is 0. The van der Waals surface area contributed by atoms with Gasteiger partial charge in [0.15, 0.2) is 0 Å². The minimum Gasteiger partial charge on any atom is -0.384 e. The van der Waals surface area contributed by atoms with Crippen molar-refractivity contribution < 1.29 is 4.39 Å². The van der Waals surface area contributed by atoms with Crippen molar-refractivity contribution in [3.8, 4) is 23.3 Å². The number of rotatable bonds is 3. The fourth-order valence-electron chi connectivity index (χ4n) is 3.66. The lowest BCUT2D eigenvalue weighted by Crippen LogP contribution is -2.36. The molecule has 6 nitrogen and oxygen atoms in total. The summed E-state index contributed by atoms with van der Waals surface area (Å²) in [6.45, 7) is 3.49. The van der Waals surface area contributed by atoms with E-state index in [1.54, 1.807) is 0 Å². The van der Waals surface area contributed by atoms with Crippen LogP contribution in [0.25, 0.3) is 11.1 Å². The number of nitrogens with two attached hydrogens (primary N) is 1. The van der Waals surface area contributed by atoms with Gasteiger partial charge in [0, 0.05) is 18.2 Å². The summed E-state index contributed by atoms with van der Waals surface area (Å²) >= 11 is 0. The Morgan fingerprint density at radius 1 is 1.30 bits per heavy atom. The van der Waals surface area contributed by atoms with Crippen LogP contribution < -0.4 is 11.3 Å². The average Bonchev–Trinajstić information content (AvgIpc) is 2.63. The first-order chi connectivity index (χ1) is 13.0. The molecule has 0 aliphatic carbocycles. The van der Waals surface area contributed by atoms with E-state index >= 15 is 0 Å². The number of aromatic nitrogens is 1. The zero-order chi connectivity index (χ0) is 19.6. The van der Waals surface area contributed by atoms with Gasteiger partial charge in [-0.3, -0.25) is 9.69 Å². The van der Waals surface area contributed by atoms with Crippen LogP contribution in [-0.2, 0) is 6.54 Å². The molecule has 0 amide bonds. The number of nitriles is 2. The van der Waals surface area contributed by atoms with Crippen molar-refractivity contribution in [2.24, 2.45) is 0 Å². The largest absolute Gasteiger partial charge is 0.384 e. The van der Waals surface area contributed by atoms with Crippen molar-refractivity contribution in [1.82, 2.24) is 9.88 Å². The topological polar surface area (TPSA) is 110 Å². The zero-order valence-electron chi connectivity index (χ0n) is 15.1. The second-order valence-corrected chi connectivity index (χ2v) is 6.83. The molecule has 27 heavy (non-hydrogen) atoms. The lowest BCUT2D eigenvalue weighted by Gasteiger charge is -2.34. The van der Waals surface area contributed by atoms with Gasteiger partial charge in [-0.1, -0.05) is 12.5 Å². The molecule has 2 aromatic rings. The number of nitrogens with one attached hydrogen (secondary N) is 1. The molecule has 0 saturated carbocycles. The van der Waals surface area contributed by atoms with Crippen molar-refractivity contribution in [1.29, 1.82) is 10.5 Å². The van der Waals surface area contributed by atoms with Gasteiger partial charge in [0.2, 0.25) is 0 Å². The van der Waals surface area contributed by atoms with E-state index in [1.807, 2.05) is 12.1 Å². The fourth-order valence-corrected chi connectivity index (χ4v) is 3.66. The molecule has 0 radical (unpaired) electrons. The molecule has 1 aromatic heterocycles. The number of H-pyrrole nitrogens is 1. The summed E-state index contributed by atoms with van der Waals surface area (Å²) in [5.74, 6) is -0.508. The molecule has 7 heteroatoms. The van der Waals surface area contributed by atoms with Crippen LogP contribution in [0.15, 0.2) is 23.0 Å². The maximum Gasteiger partial charge on any atom is 0.268 e. The van der Waals surface area contributed by atoms with Crippen molar-refractivity contribution in [2.75, 3.05) is 12.3 Å². The number of nitrogen functional groups attached to an aromatic ring is 1. The number of piperidine rings is 1. The summed E-state index contributed by atoms with van der Waals surface area (Å²) in [6.07, 6.45) is 3.30. The van der Waals surface area contributed by atoms with E-state index < -0.39 is 11.4 Å². The molecule has 1 aromatic carbocycles. The third kappa shape index (κ3) is 3.55. The smallest absolute Gasteiger partial charge is 0.268 e. The summed E-state index contributed by atoms with van der Waals surface area (Å²) in [5, 5.41) is 19.0. The molecule has 1 unspecified atom stereocenters. The number of hydrogen-bond donors (Lipinski definition) is 2. The van der Waals surface area contributed by atoms with E-state index in [4.69, 9.17) is 5.73 Å². The van der Waals surface area contributed by atoms with Gasteiger partial charge in [0.25, 0.3) is 5.56 Å². The Morgan fingerprint density at radius 2 is 2.04 bits per heavy atom. The minimum absolute atomic E-state index is 0.0192. The van der Waals surface area contributed by atoms with Gasteiger partial charge in [-0.25, -0.2) is 4.39 Å². The number of anilines is 1. The number of benzene rings is 1. The molecular weight excluding hydrogens is 345 g/mol. The predicted octanol–water partition coefficient (Wildman–Crippen LogP) is 2.88. The predicted molar refractivity (Wildman–Crippen MR) is 100 cm³/mol. The van der Waals surface area contributed by atoms with Crippen molar-refractivity contribution in [3.05, 3.63) is 51.1 Å². The Hall–Kier alpha value is -3.16. The normalized spacial score (nSPS) is 17.3.